The fourth-order valence-corrected chi connectivity index (χ4v) is 6.25. The van der Waals surface area contributed by atoms with E-state index in [1.807, 2.05) is 4.90 Å². The van der Waals surface area contributed by atoms with Crippen LogP contribution in [0.1, 0.15) is 35.2 Å². The highest BCUT2D eigenvalue weighted by Gasteiger charge is 2.39. The number of imide groups is 1. The van der Waals surface area contributed by atoms with E-state index in [0.717, 1.165) is 30.7 Å². The Morgan fingerprint density at radius 3 is 2.43 bits per heavy atom. The third-order valence-corrected chi connectivity index (χ3v) is 8.75. The summed E-state index contributed by atoms with van der Waals surface area (Å²) >= 11 is 0.805. The van der Waals surface area contributed by atoms with Crippen molar-refractivity contribution in [3.05, 3.63) is 88.1 Å². The van der Waals surface area contributed by atoms with E-state index in [1.54, 1.807) is 42.6 Å². The predicted octanol–water partition coefficient (Wildman–Crippen LogP) is 7.06. The van der Waals surface area contributed by atoms with Gasteiger partial charge in [-0.2, -0.15) is 26.3 Å². The largest absolute Gasteiger partial charge is 0.417 e. The molecule has 0 radical (unpaired) electrons. The van der Waals surface area contributed by atoms with Crippen molar-refractivity contribution in [2.24, 2.45) is 5.92 Å². The highest BCUT2D eigenvalue weighted by Crippen LogP contribution is 2.41. The van der Waals surface area contributed by atoms with Crippen LogP contribution in [0.3, 0.4) is 0 Å². The topological polar surface area (TPSA) is 100 Å². The summed E-state index contributed by atoms with van der Waals surface area (Å²) in [7, 11) is 0. The van der Waals surface area contributed by atoms with Crippen LogP contribution in [0, 0.1) is 5.92 Å². The number of fused-ring (bicyclic) bond motifs is 1. The van der Waals surface area contributed by atoms with E-state index in [1.165, 1.54) is 6.08 Å². The van der Waals surface area contributed by atoms with E-state index in [9.17, 15) is 35.9 Å². The van der Waals surface area contributed by atoms with Crippen molar-refractivity contribution in [3.8, 4) is 11.3 Å². The van der Waals surface area contributed by atoms with Crippen molar-refractivity contribution in [2.45, 2.75) is 31.7 Å². The number of aromatic nitrogens is 3. The standard InChI is InChI=1S/C32H26F6N6O2S/c33-31(34,35)21-5-6-23(24(14-21)32(36,37)38)27-20(13-19-3-1-2-4-25(19)42-27)17-39-16-18-8-11-44(12-9-18)29-40-10-7-22(41-29)15-26-28(45)43-30(46)47-26/h1-7,10,13-15,18,39H,8-9,11-12,16-17H2,(H,43,45,46)/b26-15-. The molecule has 2 aliphatic heterocycles. The molecule has 0 spiro atoms. The summed E-state index contributed by atoms with van der Waals surface area (Å²) in [6, 6.07) is 11.9. The average Bonchev–Trinajstić information content (AvgIpc) is 3.35. The molecule has 0 bridgehead atoms. The fourth-order valence-electron chi connectivity index (χ4n) is 5.59. The van der Waals surface area contributed by atoms with Crippen LogP contribution in [0.5, 0.6) is 0 Å². The number of benzene rings is 2. The van der Waals surface area contributed by atoms with Gasteiger partial charge in [-0.1, -0.05) is 24.3 Å². The minimum Gasteiger partial charge on any atom is -0.341 e. The Balaban J connectivity index is 1.15. The molecule has 15 heteroatoms. The number of nitrogens with one attached hydrogen (secondary N) is 2. The Bertz CT molecular complexity index is 1870. The molecule has 0 saturated carbocycles. The van der Waals surface area contributed by atoms with Gasteiger partial charge in [0, 0.05) is 36.8 Å². The molecule has 2 saturated heterocycles. The Morgan fingerprint density at radius 2 is 1.72 bits per heavy atom. The van der Waals surface area contributed by atoms with Crippen LogP contribution >= 0.6 is 11.8 Å². The highest BCUT2D eigenvalue weighted by molar-refractivity contribution is 8.18. The second kappa shape index (κ2) is 13.0. The Morgan fingerprint density at radius 1 is 0.957 bits per heavy atom. The molecule has 4 heterocycles. The molecule has 2 aromatic carbocycles. The molecule has 0 aliphatic carbocycles. The first kappa shape index (κ1) is 32.4. The molecule has 4 aromatic rings. The van der Waals surface area contributed by atoms with Crippen molar-refractivity contribution in [1.29, 1.82) is 0 Å². The number of carbonyl (C=O) groups excluding carboxylic acids is 2. The summed E-state index contributed by atoms with van der Waals surface area (Å²) in [4.78, 5) is 38.9. The van der Waals surface area contributed by atoms with Crippen LogP contribution in [0.2, 0.25) is 0 Å². The number of hydrogen-bond donors (Lipinski definition) is 2. The third-order valence-electron chi connectivity index (χ3n) is 7.94. The molecule has 2 N–H and O–H groups in total. The van der Waals surface area contributed by atoms with Gasteiger partial charge in [0.1, 0.15) is 0 Å². The quantitative estimate of drug-likeness (QED) is 0.159. The molecule has 47 heavy (non-hydrogen) atoms. The van der Waals surface area contributed by atoms with Crippen LogP contribution in [0.25, 0.3) is 28.2 Å². The second-order valence-electron chi connectivity index (χ2n) is 11.1. The molecule has 8 nitrogen and oxygen atoms in total. The van der Waals surface area contributed by atoms with Gasteiger partial charge in [0.05, 0.1) is 32.9 Å². The van der Waals surface area contributed by atoms with Gasteiger partial charge in [-0.15, -0.1) is 0 Å². The minimum atomic E-state index is -5.04. The number of piperidine rings is 1. The molecule has 244 valence electrons. The summed E-state index contributed by atoms with van der Waals surface area (Å²) in [6.07, 6.45) is -5.31. The van der Waals surface area contributed by atoms with Crippen LogP contribution in [-0.2, 0) is 23.7 Å². The first-order chi connectivity index (χ1) is 22.3. The number of rotatable bonds is 7. The first-order valence-electron chi connectivity index (χ1n) is 14.6. The van der Waals surface area contributed by atoms with Crippen molar-refractivity contribution in [3.63, 3.8) is 0 Å². The molecule has 2 amide bonds. The van der Waals surface area contributed by atoms with Gasteiger partial charge in [0.2, 0.25) is 5.95 Å². The molecular weight excluding hydrogens is 646 g/mol. The van der Waals surface area contributed by atoms with Gasteiger partial charge in [-0.05, 0) is 79.0 Å². The smallest absolute Gasteiger partial charge is 0.341 e. The molecule has 6 rings (SSSR count). The zero-order valence-electron chi connectivity index (χ0n) is 24.5. The molecule has 2 fully saturated rings. The van der Waals surface area contributed by atoms with Crippen molar-refractivity contribution in [1.82, 2.24) is 25.6 Å². The summed E-state index contributed by atoms with van der Waals surface area (Å²) in [5, 5.41) is 5.78. The fraction of sp³-hybridized carbons (Fsp3) is 0.281. The number of alkyl halides is 6. The van der Waals surface area contributed by atoms with Crippen molar-refractivity contribution < 1.29 is 35.9 Å². The minimum absolute atomic E-state index is 0.0306. The van der Waals surface area contributed by atoms with Crippen LogP contribution < -0.4 is 15.5 Å². The molecule has 2 aliphatic rings. The van der Waals surface area contributed by atoms with Gasteiger partial charge >= 0.3 is 12.4 Å². The number of anilines is 1. The predicted molar refractivity (Wildman–Crippen MR) is 165 cm³/mol. The van der Waals surface area contributed by atoms with Crippen LogP contribution in [0.4, 0.5) is 37.1 Å². The molecular formula is C32H26F6N6O2S. The number of para-hydroxylation sites is 1. The lowest BCUT2D eigenvalue weighted by atomic mass is 9.95. The third kappa shape index (κ3) is 7.41. The lowest BCUT2D eigenvalue weighted by molar-refractivity contribution is -0.142. The van der Waals surface area contributed by atoms with Crippen molar-refractivity contribution in [2.75, 3.05) is 24.5 Å². The molecule has 2 aromatic heterocycles. The SMILES string of the molecule is O=C1NC(=O)/C(=C/c2ccnc(N3CCC(CNCc4cc5ccccc5nc4-c4ccc(C(F)(F)F)cc4C(F)(F)F)CC3)n2)S1. The summed E-state index contributed by atoms with van der Waals surface area (Å²) < 4.78 is 82.2. The number of halogens is 6. The number of carbonyl (C=O) groups is 2. The van der Waals surface area contributed by atoms with Gasteiger partial charge in [0.25, 0.3) is 11.1 Å². The van der Waals surface area contributed by atoms with Gasteiger partial charge < -0.3 is 10.2 Å². The summed E-state index contributed by atoms with van der Waals surface area (Å²) in [5.74, 6) is 0.249. The average molecular weight is 673 g/mol. The summed E-state index contributed by atoms with van der Waals surface area (Å²) in [6.45, 7) is 1.99. The maximum absolute atomic E-state index is 14.1. The monoisotopic (exact) mass is 672 g/mol. The van der Waals surface area contributed by atoms with Crippen LogP contribution in [0.15, 0.2) is 65.7 Å². The van der Waals surface area contributed by atoms with Gasteiger partial charge in [-0.25, -0.2) is 15.0 Å². The number of thioether (sulfide) groups is 1. The lowest BCUT2D eigenvalue weighted by Gasteiger charge is -2.32. The van der Waals surface area contributed by atoms with Gasteiger partial charge in [-0.3, -0.25) is 14.9 Å². The van der Waals surface area contributed by atoms with E-state index in [4.69, 9.17) is 0 Å². The summed E-state index contributed by atoms with van der Waals surface area (Å²) in [5.41, 5.74) is -1.88. The van der Waals surface area contributed by atoms with E-state index in [0.29, 0.717) is 53.8 Å². The maximum atomic E-state index is 14.1. The first-order valence-corrected chi connectivity index (χ1v) is 15.4. The van der Waals surface area contributed by atoms with E-state index >= 15 is 0 Å². The molecule has 0 atom stereocenters. The highest BCUT2D eigenvalue weighted by atomic mass is 32.2. The number of amides is 2. The zero-order valence-corrected chi connectivity index (χ0v) is 25.3. The van der Waals surface area contributed by atoms with E-state index < -0.39 is 40.2 Å². The van der Waals surface area contributed by atoms with Crippen molar-refractivity contribution >= 4 is 45.8 Å². The Kier molecular flexibility index (Phi) is 8.94. The zero-order chi connectivity index (χ0) is 33.3. The Hall–Kier alpha value is -4.50. The van der Waals surface area contributed by atoms with E-state index in [-0.39, 0.29) is 29.1 Å². The number of nitrogens with zero attached hydrogens (tertiary/aromatic N) is 4. The Labute approximate surface area is 268 Å². The number of hydrogen-bond acceptors (Lipinski definition) is 8. The van der Waals surface area contributed by atoms with Crippen LogP contribution in [-0.4, -0.2) is 45.7 Å². The second-order valence-corrected chi connectivity index (χ2v) is 12.2. The maximum Gasteiger partial charge on any atom is 0.417 e. The normalized spacial score (nSPS) is 17.1. The number of pyridine rings is 1. The van der Waals surface area contributed by atoms with Gasteiger partial charge in [0.15, 0.2) is 0 Å². The van der Waals surface area contributed by atoms with E-state index in [2.05, 4.69) is 25.6 Å². The lowest BCUT2D eigenvalue weighted by Crippen LogP contribution is -2.38. The molecule has 0 unspecified atom stereocenters.